The van der Waals surface area contributed by atoms with Gasteiger partial charge in [-0.3, -0.25) is 4.79 Å². The zero-order valence-corrected chi connectivity index (χ0v) is 11.8. The quantitative estimate of drug-likeness (QED) is 0.802. The van der Waals surface area contributed by atoms with Gasteiger partial charge >= 0.3 is 5.97 Å². The van der Waals surface area contributed by atoms with E-state index in [0.29, 0.717) is 22.9 Å². The number of ketones is 1. The second-order valence-electron chi connectivity index (χ2n) is 4.63. The maximum absolute atomic E-state index is 12.1. The molecule has 1 fully saturated rings. The van der Waals surface area contributed by atoms with Gasteiger partial charge in [-0.25, -0.2) is 4.79 Å². The molecular formula is C14H15BrO3. The lowest BCUT2D eigenvalue weighted by atomic mass is 9.97. The number of halogens is 1. The summed E-state index contributed by atoms with van der Waals surface area (Å²) in [7, 11) is 0. The summed E-state index contributed by atoms with van der Waals surface area (Å²) in [6.07, 6.45) is 3.14. The predicted molar refractivity (Wildman–Crippen MR) is 71.4 cm³/mol. The molecule has 0 saturated heterocycles. The van der Waals surface area contributed by atoms with Crippen LogP contribution in [0.5, 0.6) is 0 Å². The second kappa shape index (κ2) is 5.22. The number of Topliss-reactive ketones (excluding diaryl/α,β-unsaturated/α-hetero) is 1. The van der Waals surface area contributed by atoms with E-state index in [4.69, 9.17) is 4.74 Å². The Morgan fingerprint density at radius 1 is 1.22 bits per heavy atom. The monoisotopic (exact) mass is 310 g/mol. The molecule has 0 aliphatic heterocycles. The van der Waals surface area contributed by atoms with Crippen molar-refractivity contribution >= 4 is 27.7 Å². The first-order valence-electron chi connectivity index (χ1n) is 6.04. The Bertz CT molecular complexity index is 476. The van der Waals surface area contributed by atoms with Gasteiger partial charge in [0.15, 0.2) is 11.4 Å². The van der Waals surface area contributed by atoms with Gasteiger partial charge in [-0.05, 0) is 60.7 Å². The van der Waals surface area contributed by atoms with Crippen LogP contribution in [-0.4, -0.2) is 17.4 Å². The van der Waals surface area contributed by atoms with Crippen LogP contribution in [0.15, 0.2) is 28.7 Å². The molecule has 2 rings (SSSR count). The molecule has 0 spiro atoms. The van der Waals surface area contributed by atoms with Crippen LogP contribution in [0.25, 0.3) is 0 Å². The number of hydrogen-bond donors (Lipinski definition) is 0. The van der Waals surface area contributed by atoms with Crippen LogP contribution in [0.4, 0.5) is 0 Å². The minimum absolute atomic E-state index is 0.0552. The number of rotatable bonds is 3. The molecule has 1 aromatic carbocycles. The lowest BCUT2D eigenvalue weighted by molar-refractivity contribution is -0.135. The van der Waals surface area contributed by atoms with Gasteiger partial charge < -0.3 is 4.74 Å². The van der Waals surface area contributed by atoms with Crippen LogP contribution in [0.1, 0.15) is 43.0 Å². The fourth-order valence-corrected chi connectivity index (χ4v) is 2.78. The average molecular weight is 311 g/mol. The summed E-state index contributed by atoms with van der Waals surface area (Å²) >= 11 is 3.32. The molecule has 0 aromatic heterocycles. The first-order valence-corrected chi connectivity index (χ1v) is 6.83. The van der Waals surface area contributed by atoms with Crippen molar-refractivity contribution in [1.82, 2.24) is 0 Å². The topological polar surface area (TPSA) is 43.4 Å². The molecule has 1 aromatic rings. The van der Waals surface area contributed by atoms with Crippen LogP contribution in [-0.2, 0) is 9.53 Å². The summed E-state index contributed by atoms with van der Waals surface area (Å²) in [5, 5.41) is 0. The summed E-state index contributed by atoms with van der Waals surface area (Å²) in [6.45, 7) is 1.50. The standard InChI is InChI=1S/C14H15BrO3/c1-10(16)14(8-4-5-9-14)18-13(17)11-6-2-3-7-12(11)15/h2-3,6-7H,4-5,8-9H2,1H3. The highest BCUT2D eigenvalue weighted by Crippen LogP contribution is 2.35. The van der Waals surface area contributed by atoms with Crippen molar-refractivity contribution < 1.29 is 14.3 Å². The van der Waals surface area contributed by atoms with Crippen molar-refractivity contribution in [2.24, 2.45) is 0 Å². The maximum atomic E-state index is 12.1. The Balaban J connectivity index is 2.21. The number of ether oxygens (including phenoxy) is 1. The first-order chi connectivity index (χ1) is 8.55. The summed E-state index contributed by atoms with van der Waals surface area (Å²) in [4.78, 5) is 23.9. The summed E-state index contributed by atoms with van der Waals surface area (Å²) < 4.78 is 6.20. The molecule has 0 radical (unpaired) electrons. The van der Waals surface area contributed by atoms with E-state index in [1.54, 1.807) is 18.2 Å². The zero-order valence-electron chi connectivity index (χ0n) is 10.2. The summed E-state index contributed by atoms with van der Waals surface area (Å²) in [6, 6.07) is 7.08. The summed E-state index contributed by atoms with van der Waals surface area (Å²) in [5.41, 5.74) is -0.433. The molecule has 96 valence electrons. The Hall–Kier alpha value is -1.16. The predicted octanol–water partition coefficient (Wildman–Crippen LogP) is 3.51. The normalized spacial score (nSPS) is 17.4. The third kappa shape index (κ3) is 2.48. The van der Waals surface area contributed by atoms with Gasteiger partial charge in [0.25, 0.3) is 0 Å². The van der Waals surface area contributed by atoms with Crippen molar-refractivity contribution in [2.45, 2.75) is 38.2 Å². The molecule has 0 heterocycles. The van der Waals surface area contributed by atoms with Crippen molar-refractivity contribution in [1.29, 1.82) is 0 Å². The molecule has 0 unspecified atom stereocenters. The fraction of sp³-hybridized carbons (Fsp3) is 0.429. The van der Waals surface area contributed by atoms with Crippen molar-refractivity contribution in [3.63, 3.8) is 0 Å². The highest BCUT2D eigenvalue weighted by Gasteiger charge is 2.42. The lowest BCUT2D eigenvalue weighted by Gasteiger charge is -2.26. The van der Waals surface area contributed by atoms with E-state index >= 15 is 0 Å². The van der Waals surface area contributed by atoms with Gasteiger partial charge in [-0.1, -0.05) is 12.1 Å². The number of carbonyl (C=O) groups is 2. The molecule has 0 N–H and O–H groups in total. The largest absolute Gasteiger partial charge is 0.447 e. The molecule has 0 amide bonds. The summed E-state index contributed by atoms with van der Waals surface area (Å²) in [5.74, 6) is -0.486. The van der Waals surface area contributed by atoms with Crippen molar-refractivity contribution in [3.8, 4) is 0 Å². The number of hydrogen-bond acceptors (Lipinski definition) is 3. The molecule has 18 heavy (non-hydrogen) atoms. The van der Waals surface area contributed by atoms with E-state index in [9.17, 15) is 9.59 Å². The maximum Gasteiger partial charge on any atom is 0.340 e. The Kier molecular flexibility index (Phi) is 3.85. The van der Waals surface area contributed by atoms with Crippen LogP contribution in [0.2, 0.25) is 0 Å². The van der Waals surface area contributed by atoms with Crippen LogP contribution in [0, 0.1) is 0 Å². The number of benzene rings is 1. The van der Waals surface area contributed by atoms with E-state index in [1.807, 2.05) is 6.07 Å². The molecule has 4 heteroatoms. The van der Waals surface area contributed by atoms with Gasteiger partial charge in [0.05, 0.1) is 5.56 Å². The van der Waals surface area contributed by atoms with Gasteiger partial charge in [-0.2, -0.15) is 0 Å². The Morgan fingerprint density at radius 3 is 2.39 bits per heavy atom. The van der Waals surface area contributed by atoms with E-state index < -0.39 is 11.6 Å². The second-order valence-corrected chi connectivity index (χ2v) is 5.48. The molecule has 0 bridgehead atoms. The fourth-order valence-electron chi connectivity index (χ4n) is 2.33. The molecule has 1 aliphatic carbocycles. The third-order valence-electron chi connectivity index (χ3n) is 3.43. The molecule has 1 saturated carbocycles. The number of esters is 1. The molecule has 1 aliphatic rings. The van der Waals surface area contributed by atoms with Gasteiger partial charge in [0, 0.05) is 4.47 Å². The highest BCUT2D eigenvalue weighted by atomic mass is 79.9. The van der Waals surface area contributed by atoms with Gasteiger partial charge in [0.1, 0.15) is 0 Å². The Morgan fingerprint density at radius 2 is 1.83 bits per heavy atom. The molecule has 0 atom stereocenters. The minimum Gasteiger partial charge on any atom is -0.447 e. The first kappa shape index (κ1) is 13.3. The smallest absolute Gasteiger partial charge is 0.340 e. The third-order valence-corrected chi connectivity index (χ3v) is 4.13. The molecule has 3 nitrogen and oxygen atoms in total. The highest BCUT2D eigenvalue weighted by molar-refractivity contribution is 9.10. The Labute approximate surface area is 115 Å². The van der Waals surface area contributed by atoms with Crippen molar-refractivity contribution in [2.75, 3.05) is 0 Å². The van der Waals surface area contributed by atoms with Crippen molar-refractivity contribution in [3.05, 3.63) is 34.3 Å². The average Bonchev–Trinajstić information content (AvgIpc) is 2.79. The van der Waals surface area contributed by atoms with E-state index in [-0.39, 0.29) is 5.78 Å². The van der Waals surface area contributed by atoms with Gasteiger partial charge in [0.2, 0.25) is 0 Å². The van der Waals surface area contributed by atoms with Crippen LogP contribution < -0.4 is 0 Å². The van der Waals surface area contributed by atoms with E-state index in [0.717, 1.165) is 12.8 Å². The van der Waals surface area contributed by atoms with E-state index in [2.05, 4.69) is 15.9 Å². The lowest BCUT2D eigenvalue weighted by Crippen LogP contribution is -2.39. The van der Waals surface area contributed by atoms with Crippen LogP contribution >= 0.6 is 15.9 Å². The minimum atomic E-state index is -0.896. The van der Waals surface area contributed by atoms with E-state index in [1.165, 1.54) is 6.92 Å². The van der Waals surface area contributed by atoms with Crippen LogP contribution in [0.3, 0.4) is 0 Å². The van der Waals surface area contributed by atoms with Gasteiger partial charge in [-0.15, -0.1) is 0 Å². The molecular weight excluding hydrogens is 296 g/mol. The SMILES string of the molecule is CC(=O)C1(OC(=O)c2ccccc2Br)CCCC1. The zero-order chi connectivity index (χ0) is 13.2. The number of carbonyl (C=O) groups excluding carboxylic acids is 2.